The molecular weight excluding hydrogens is 1250 g/mol. The Morgan fingerprint density at radius 2 is 0.556 bits per heavy atom. The number of ketones is 6. The van der Waals surface area contributed by atoms with Crippen molar-refractivity contribution in [3.8, 4) is 0 Å². The summed E-state index contributed by atoms with van der Waals surface area (Å²) in [6, 6.07) is 45.6. The summed E-state index contributed by atoms with van der Waals surface area (Å²) in [5.41, 5.74) is 5.78. The predicted octanol–water partition coefficient (Wildman–Crippen LogP) is 11.0. The lowest BCUT2D eigenvalue weighted by Crippen LogP contribution is -2.52. The van der Waals surface area contributed by atoms with Gasteiger partial charge in [-0.15, -0.1) is 0 Å². The maximum Gasteiger partial charge on any atom is 0.188 e. The summed E-state index contributed by atoms with van der Waals surface area (Å²) < 4.78 is 35.5. The molecule has 0 aromatic heterocycles. The van der Waals surface area contributed by atoms with E-state index in [1.54, 1.807) is 36.4 Å². The molecular formula is C81H104N6O12. The van der Waals surface area contributed by atoms with Gasteiger partial charge in [0.2, 0.25) is 0 Å². The number of benzene rings is 6. The molecule has 3 atom stereocenters. The van der Waals surface area contributed by atoms with Crippen molar-refractivity contribution in [3.63, 3.8) is 0 Å². The Bertz CT molecular complexity index is 3240. The lowest BCUT2D eigenvalue weighted by Gasteiger charge is -2.38. The molecule has 18 heteroatoms. The third-order valence-corrected chi connectivity index (χ3v) is 21.1. The molecule has 0 aliphatic carbocycles. The number of likely N-dealkylation sites (N-methyl/N-ethyl adjacent to an activating group) is 3. The van der Waals surface area contributed by atoms with Crippen LogP contribution in [0.2, 0.25) is 0 Å². The Balaban J connectivity index is 0.849. The highest BCUT2D eigenvalue weighted by atomic mass is 16.5. The Labute approximate surface area is 586 Å². The number of hydrogen-bond acceptors (Lipinski definition) is 18. The second kappa shape index (κ2) is 35.1. The van der Waals surface area contributed by atoms with Gasteiger partial charge in [0.25, 0.3) is 0 Å². The lowest BCUT2D eigenvalue weighted by atomic mass is 9.80. The molecule has 3 aliphatic rings. The maximum absolute atomic E-state index is 14.5. The minimum Gasteiger partial charge on any atom is -0.378 e. The summed E-state index contributed by atoms with van der Waals surface area (Å²) in [5, 5.41) is 0. The van der Waals surface area contributed by atoms with Crippen LogP contribution in [0.4, 0.5) is 17.1 Å². The lowest BCUT2D eigenvalue weighted by molar-refractivity contribution is -0.0618. The summed E-state index contributed by atoms with van der Waals surface area (Å²) >= 11 is 0. The Hall–Kier alpha value is -7.62. The first-order chi connectivity index (χ1) is 47.7. The fourth-order valence-electron chi connectivity index (χ4n) is 14.1. The first kappa shape index (κ1) is 75.6. The van der Waals surface area contributed by atoms with Gasteiger partial charge in [-0.2, -0.15) is 0 Å². The van der Waals surface area contributed by atoms with Gasteiger partial charge >= 0.3 is 0 Å². The molecule has 3 heterocycles. The highest BCUT2D eigenvalue weighted by Crippen LogP contribution is 2.34. The van der Waals surface area contributed by atoms with Gasteiger partial charge in [0.1, 0.15) is 19.8 Å². The first-order valence-corrected chi connectivity index (χ1v) is 35.3. The monoisotopic (exact) mass is 1350 g/mol. The average molecular weight is 1350 g/mol. The van der Waals surface area contributed by atoms with Crippen molar-refractivity contribution in [2.45, 2.75) is 89.3 Å². The molecule has 0 spiro atoms. The number of hydrogen-bond donors (Lipinski definition) is 0. The minimum absolute atomic E-state index is 0.0140. The molecule has 0 N–H and O–H groups in total. The number of Topliss-reactive ketones (excluding diaryl/α,β-unsaturated/α-hetero) is 6. The second-order valence-electron chi connectivity index (χ2n) is 27.5. The zero-order valence-corrected chi connectivity index (χ0v) is 60.1. The molecule has 6 aromatic rings. The molecule has 530 valence electrons. The molecule has 0 saturated carbocycles. The van der Waals surface area contributed by atoms with Gasteiger partial charge in [0.05, 0.1) is 76.1 Å². The summed E-state index contributed by atoms with van der Waals surface area (Å²) in [7, 11) is 11.6. The van der Waals surface area contributed by atoms with E-state index in [1.807, 2.05) is 194 Å². The van der Waals surface area contributed by atoms with Crippen LogP contribution in [0.25, 0.3) is 0 Å². The van der Waals surface area contributed by atoms with E-state index < -0.39 is 22.0 Å². The summed E-state index contributed by atoms with van der Waals surface area (Å²) in [5.74, 6) is -0.651. The SMILES string of the molecule is CCC(COCC(=O)c1ccc(CC(CC)(C(=O)c2ccc(N3CCOCC3)cc2)N(C)C)cc1)(COCC(=O)c1ccc(CC(CC)(C(=O)c2ccc(N3CCOCC3)cc2)N(C)C)cc1)COCC(=O)c1ccc(CC(CC)(C(=O)c2ccc(N3CCOCC3)cc2)N(C)C)cc1. The fraction of sp³-hybridized carbons (Fsp3) is 0.481. The smallest absolute Gasteiger partial charge is 0.188 e. The van der Waals surface area contributed by atoms with E-state index in [0.717, 1.165) is 73.0 Å². The van der Waals surface area contributed by atoms with Gasteiger partial charge in [-0.05, 0) is 177 Å². The van der Waals surface area contributed by atoms with Crippen LogP contribution in [0.3, 0.4) is 0 Å². The van der Waals surface area contributed by atoms with Crippen molar-refractivity contribution in [1.29, 1.82) is 0 Å². The maximum atomic E-state index is 14.5. The summed E-state index contributed by atoms with van der Waals surface area (Å²) in [6.45, 7) is 16.2. The van der Waals surface area contributed by atoms with Crippen LogP contribution in [0.5, 0.6) is 0 Å². The molecule has 9 rings (SSSR count). The fourth-order valence-corrected chi connectivity index (χ4v) is 14.1. The Kier molecular flexibility index (Phi) is 26.8. The van der Waals surface area contributed by atoms with Crippen molar-refractivity contribution in [2.75, 3.05) is 176 Å². The van der Waals surface area contributed by atoms with E-state index in [4.69, 9.17) is 28.4 Å². The van der Waals surface area contributed by atoms with E-state index in [0.29, 0.717) is 118 Å². The second-order valence-corrected chi connectivity index (χ2v) is 27.5. The van der Waals surface area contributed by atoms with Crippen molar-refractivity contribution >= 4 is 51.8 Å². The van der Waals surface area contributed by atoms with Gasteiger partial charge in [-0.1, -0.05) is 100 Å². The van der Waals surface area contributed by atoms with Crippen LogP contribution >= 0.6 is 0 Å². The summed E-state index contributed by atoms with van der Waals surface area (Å²) in [6.07, 6.45) is 3.45. The number of morpholine rings is 3. The Morgan fingerprint density at radius 1 is 0.333 bits per heavy atom. The number of rotatable bonds is 37. The van der Waals surface area contributed by atoms with Crippen molar-refractivity contribution in [1.82, 2.24) is 14.7 Å². The van der Waals surface area contributed by atoms with Crippen molar-refractivity contribution in [2.24, 2.45) is 5.41 Å². The van der Waals surface area contributed by atoms with Gasteiger partial charge in [0, 0.05) is 95.1 Å². The quantitative estimate of drug-likeness (QED) is 0.0336. The zero-order chi connectivity index (χ0) is 70.7. The van der Waals surface area contributed by atoms with Crippen molar-refractivity contribution in [3.05, 3.63) is 196 Å². The molecule has 0 bridgehead atoms. The Morgan fingerprint density at radius 3 is 0.758 bits per heavy atom. The van der Waals surface area contributed by atoms with E-state index in [-0.39, 0.29) is 74.3 Å². The van der Waals surface area contributed by atoms with Gasteiger partial charge < -0.3 is 43.1 Å². The van der Waals surface area contributed by atoms with Gasteiger partial charge in [-0.25, -0.2) is 0 Å². The van der Waals surface area contributed by atoms with E-state index in [1.165, 1.54) is 0 Å². The van der Waals surface area contributed by atoms with Crippen LogP contribution < -0.4 is 14.7 Å². The molecule has 0 radical (unpaired) electrons. The van der Waals surface area contributed by atoms with Crippen LogP contribution in [0.15, 0.2) is 146 Å². The van der Waals surface area contributed by atoms with E-state index >= 15 is 0 Å². The highest BCUT2D eigenvalue weighted by Gasteiger charge is 2.43. The number of nitrogens with zero attached hydrogens (tertiary/aromatic N) is 6. The van der Waals surface area contributed by atoms with Gasteiger partial charge in [-0.3, -0.25) is 43.5 Å². The van der Waals surface area contributed by atoms with Crippen LogP contribution in [-0.4, -0.2) is 227 Å². The average Bonchev–Trinajstić information content (AvgIpc) is 0.799. The molecule has 0 amide bonds. The van der Waals surface area contributed by atoms with Crippen molar-refractivity contribution < 1.29 is 57.2 Å². The molecule has 3 fully saturated rings. The number of carbonyl (C=O) groups is 6. The molecule has 18 nitrogen and oxygen atoms in total. The topological polar surface area (TPSA) is 177 Å². The first-order valence-electron chi connectivity index (χ1n) is 35.3. The van der Waals surface area contributed by atoms with E-state index in [9.17, 15) is 28.8 Å². The molecule has 6 aromatic carbocycles. The normalized spacial score (nSPS) is 17.0. The highest BCUT2D eigenvalue weighted by molar-refractivity contribution is 6.05. The molecule has 3 saturated heterocycles. The third kappa shape index (κ3) is 18.3. The van der Waals surface area contributed by atoms with Gasteiger partial charge in [0.15, 0.2) is 34.7 Å². The third-order valence-electron chi connectivity index (χ3n) is 21.1. The van der Waals surface area contributed by atoms with Crippen LogP contribution in [-0.2, 0) is 47.7 Å². The number of ether oxygens (including phenoxy) is 6. The number of anilines is 3. The zero-order valence-electron chi connectivity index (χ0n) is 60.1. The molecule has 99 heavy (non-hydrogen) atoms. The summed E-state index contributed by atoms with van der Waals surface area (Å²) in [4.78, 5) is 98.1. The largest absolute Gasteiger partial charge is 0.378 e. The molecule has 3 unspecified atom stereocenters. The minimum atomic E-state index is -0.889. The predicted molar refractivity (Wildman–Crippen MR) is 390 cm³/mol. The van der Waals surface area contributed by atoms with Crippen LogP contribution in [0, 0.1) is 5.41 Å². The van der Waals surface area contributed by atoms with Crippen LogP contribution in [0.1, 0.15) is 132 Å². The standard InChI is InChI=1S/C81H104N6O12/c1-11-78(57-97-54-72(88)63-21-15-60(16-22-63)51-79(12-2,82(5)6)75(91)66-27-33-69(34-28-66)85-39-45-94-46-40-85,58-98-55-73(89)64-23-17-61(18-24-64)52-80(13-3,83(7)8)76(92)67-29-35-70(36-30-67)86-41-47-95-48-42-86)59-99-56-74(90)65-25-19-62(20-26-65)53-81(14-4,84(9)10)77(93)68-31-37-71(38-32-68)87-43-49-96-50-44-87/h15-38H,11-14,39-59H2,1-10H3. The van der Waals surface area contributed by atoms with E-state index in [2.05, 4.69) is 14.7 Å². The number of carbonyl (C=O) groups excluding carboxylic acids is 6. The molecule has 3 aliphatic heterocycles.